The lowest BCUT2D eigenvalue weighted by Gasteiger charge is -2.23. The number of carbonyl (C=O) groups excluding carboxylic acids is 1. The van der Waals surface area contributed by atoms with Crippen LogP contribution in [0.15, 0.2) is 0 Å². The minimum atomic E-state index is 0.230. The van der Waals surface area contributed by atoms with E-state index in [2.05, 4.69) is 12.2 Å². The Bertz CT molecular complexity index is 238. The Labute approximate surface area is 146 Å². The van der Waals surface area contributed by atoms with E-state index in [0.717, 1.165) is 44.9 Å². The van der Waals surface area contributed by atoms with Crippen molar-refractivity contribution in [2.45, 2.75) is 105 Å². The third kappa shape index (κ3) is 14.7. The third-order valence-corrected chi connectivity index (χ3v) is 4.12. The first kappa shape index (κ1) is 24.7. The highest BCUT2D eigenvalue weighted by molar-refractivity contribution is 5.73. The van der Waals surface area contributed by atoms with Crippen molar-refractivity contribution in [2.75, 3.05) is 19.6 Å². The Morgan fingerprint density at radius 2 is 1.52 bits per heavy atom. The van der Waals surface area contributed by atoms with E-state index in [1.165, 1.54) is 38.5 Å². The number of nitrogens with one attached hydrogen (secondary N) is 1. The van der Waals surface area contributed by atoms with Gasteiger partial charge in [0.25, 0.3) is 0 Å². The van der Waals surface area contributed by atoms with Crippen LogP contribution in [-0.4, -0.2) is 36.5 Å². The number of rotatable bonds is 9. The molecule has 1 saturated carbocycles. The van der Waals surface area contributed by atoms with Crippen LogP contribution in [0.5, 0.6) is 0 Å². The van der Waals surface area contributed by atoms with Crippen LogP contribution in [0, 0.1) is 0 Å². The van der Waals surface area contributed by atoms with Gasteiger partial charge in [-0.15, -0.1) is 0 Å². The number of unbranched alkanes of at least 4 members (excludes halogenated alkanes) is 2. The van der Waals surface area contributed by atoms with Gasteiger partial charge in [0.2, 0.25) is 5.91 Å². The largest absolute Gasteiger partial charge is 0.343 e. The first-order chi connectivity index (χ1) is 11.2. The number of hydrogen-bond donors (Lipinski definition) is 1. The number of nitrogens with zero attached hydrogens (tertiary/aromatic N) is 1. The molecule has 0 aliphatic heterocycles. The molecule has 0 unspecified atom stereocenters. The molecule has 0 heterocycles. The van der Waals surface area contributed by atoms with Gasteiger partial charge in [-0.3, -0.25) is 4.79 Å². The molecule has 3 heteroatoms. The second-order valence-electron chi connectivity index (χ2n) is 5.86. The van der Waals surface area contributed by atoms with E-state index in [1.54, 1.807) is 6.92 Å². The zero-order valence-electron chi connectivity index (χ0n) is 16.9. The van der Waals surface area contributed by atoms with Crippen molar-refractivity contribution >= 4 is 5.91 Å². The van der Waals surface area contributed by atoms with Crippen LogP contribution in [0.3, 0.4) is 0 Å². The normalized spacial score (nSPS) is 14.2. The lowest BCUT2D eigenvalue weighted by molar-refractivity contribution is -0.129. The van der Waals surface area contributed by atoms with Crippen LogP contribution in [-0.2, 0) is 4.79 Å². The van der Waals surface area contributed by atoms with E-state index < -0.39 is 0 Å². The van der Waals surface area contributed by atoms with Crippen molar-refractivity contribution in [1.29, 1.82) is 0 Å². The number of carbonyl (C=O) groups is 1. The fraction of sp³-hybridized carbons (Fsp3) is 0.950. The summed E-state index contributed by atoms with van der Waals surface area (Å²) in [5.41, 5.74) is 0. The molecule has 1 rings (SSSR count). The van der Waals surface area contributed by atoms with Crippen LogP contribution in [0.4, 0.5) is 0 Å². The third-order valence-electron chi connectivity index (χ3n) is 4.12. The quantitative estimate of drug-likeness (QED) is 0.575. The van der Waals surface area contributed by atoms with Crippen molar-refractivity contribution < 1.29 is 4.79 Å². The molecule has 0 aromatic rings. The molecule has 1 aliphatic rings. The zero-order chi connectivity index (χ0) is 17.9. The molecule has 23 heavy (non-hydrogen) atoms. The van der Waals surface area contributed by atoms with Gasteiger partial charge in [0, 0.05) is 26.1 Å². The van der Waals surface area contributed by atoms with Gasteiger partial charge in [0.15, 0.2) is 0 Å². The van der Waals surface area contributed by atoms with Gasteiger partial charge in [-0.2, -0.15) is 0 Å². The van der Waals surface area contributed by atoms with E-state index in [-0.39, 0.29) is 5.91 Å². The van der Waals surface area contributed by atoms with Crippen molar-refractivity contribution in [1.82, 2.24) is 10.2 Å². The van der Waals surface area contributed by atoms with Crippen molar-refractivity contribution in [3.05, 3.63) is 0 Å². The van der Waals surface area contributed by atoms with Crippen LogP contribution in [0.1, 0.15) is 99.3 Å². The maximum absolute atomic E-state index is 11.5. The predicted octanol–water partition coefficient (Wildman–Crippen LogP) is 5.39. The Hall–Kier alpha value is -0.570. The fourth-order valence-corrected chi connectivity index (χ4v) is 2.82. The van der Waals surface area contributed by atoms with Gasteiger partial charge in [-0.25, -0.2) is 0 Å². The van der Waals surface area contributed by atoms with Crippen molar-refractivity contribution in [3.63, 3.8) is 0 Å². The second-order valence-corrected chi connectivity index (χ2v) is 5.86. The molecule has 1 fully saturated rings. The van der Waals surface area contributed by atoms with Crippen LogP contribution in [0.25, 0.3) is 0 Å². The topological polar surface area (TPSA) is 32.3 Å². The van der Waals surface area contributed by atoms with E-state index >= 15 is 0 Å². The molecule has 1 amide bonds. The first-order valence-corrected chi connectivity index (χ1v) is 10.2. The summed E-state index contributed by atoms with van der Waals surface area (Å²) in [5.74, 6) is 0.230. The molecule has 1 N–H and O–H groups in total. The average Bonchev–Trinajstić information content (AvgIpc) is 2.61. The molecule has 140 valence electrons. The van der Waals surface area contributed by atoms with E-state index in [4.69, 9.17) is 0 Å². The molecule has 0 aromatic carbocycles. The summed E-state index contributed by atoms with van der Waals surface area (Å²) < 4.78 is 0. The average molecular weight is 329 g/mol. The van der Waals surface area contributed by atoms with E-state index in [9.17, 15) is 4.79 Å². The fourth-order valence-electron chi connectivity index (χ4n) is 2.82. The Morgan fingerprint density at radius 1 is 0.957 bits per heavy atom. The Kier molecular flexibility index (Phi) is 20.9. The Balaban J connectivity index is 0. The molecule has 1 aliphatic carbocycles. The van der Waals surface area contributed by atoms with Crippen LogP contribution in [0.2, 0.25) is 0 Å². The molecule has 0 radical (unpaired) electrons. The molecule has 0 atom stereocenters. The zero-order valence-corrected chi connectivity index (χ0v) is 16.9. The summed E-state index contributed by atoms with van der Waals surface area (Å²) in [5, 5.41) is 3.66. The summed E-state index contributed by atoms with van der Waals surface area (Å²) in [4.78, 5) is 13.5. The number of hydrogen-bond acceptors (Lipinski definition) is 2. The molecule has 0 bridgehead atoms. The van der Waals surface area contributed by atoms with Crippen LogP contribution >= 0.6 is 0 Å². The summed E-state index contributed by atoms with van der Waals surface area (Å²) in [6.07, 6.45) is 11.5. The number of amides is 1. The minimum Gasteiger partial charge on any atom is -0.343 e. The Morgan fingerprint density at radius 3 is 2.04 bits per heavy atom. The SMILES string of the molecule is CC.CC.CCCCN(CCCCNC1CCCCC1)C(C)=O. The highest BCUT2D eigenvalue weighted by atomic mass is 16.2. The molecular weight excluding hydrogens is 284 g/mol. The lowest BCUT2D eigenvalue weighted by atomic mass is 9.95. The molecule has 0 saturated heterocycles. The predicted molar refractivity (Wildman–Crippen MR) is 104 cm³/mol. The molecule has 3 nitrogen and oxygen atoms in total. The lowest BCUT2D eigenvalue weighted by Crippen LogP contribution is -2.33. The van der Waals surface area contributed by atoms with Gasteiger partial charge >= 0.3 is 0 Å². The molecule has 0 spiro atoms. The first-order valence-electron chi connectivity index (χ1n) is 10.2. The highest BCUT2D eigenvalue weighted by Crippen LogP contribution is 2.17. The van der Waals surface area contributed by atoms with Gasteiger partial charge in [0.1, 0.15) is 0 Å². The van der Waals surface area contributed by atoms with Gasteiger partial charge < -0.3 is 10.2 Å². The highest BCUT2D eigenvalue weighted by Gasteiger charge is 2.12. The molecule has 0 aromatic heterocycles. The van der Waals surface area contributed by atoms with Gasteiger partial charge in [-0.05, 0) is 38.6 Å². The second kappa shape index (κ2) is 19.5. The summed E-state index contributed by atoms with van der Waals surface area (Å²) in [6, 6.07) is 0.762. The monoisotopic (exact) mass is 328 g/mol. The maximum atomic E-state index is 11.5. The molecular formula is C20H44N2O. The van der Waals surface area contributed by atoms with E-state index in [1.807, 2.05) is 32.6 Å². The summed E-state index contributed by atoms with van der Waals surface area (Å²) >= 11 is 0. The minimum absolute atomic E-state index is 0.230. The van der Waals surface area contributed by atoms with Gasteiger partial charge in [-0.1, -0.05) is 60.3 Å². The summed E-state index contributed by atoms with van der Waals surface area (Å²) in [7, 11) is 0. The smallest absolute Gasteiger partial charge is 0.219 e. The van der Waals surface area contributed by atoms with Crippen molar-refractivity contribution in [2.24, 2.45) is 0 Å². The van der Waals surface area contributed by atoms with E-state index in [0.29, 0.717) is 0 Å². The van der Waals surface area contributed by atoms with Gasteiger partial charge in [0.05, 0.1) is 0 Å². The summed E-state index contributed by atoms with van der Waals surface area (Å²) in [6.45, 7) is 14.8. The van der Waals surface area contributed by atoms with Crippen molar-refractivity contribution in [3.8, 4) is 0 Å². The van der Waals surface area contributed by atoms with Crippen LogP contribution < -0.4 is 5.32 Å². The standard InChI is InChI=1S/C16H32N2O.2C2H6/c1-3-4-13-18(15(2)19)14-9-8-12-17-16-10-6-5-7-11-16;2*1-2/h16-17H,3-14H2,1-2H3;2*1-2H3. The maximum Gasteiger partial charge on any atom is 0.219 e.